The number of hydrogen-bond acceptors (Lipinski definition) is 0. The topological polar surface area (TPSA) is 0 Å². The van der Waals surface area contributed by atoms with E-state index in [1.54, 1.807) is 0 Å². The molecule has 0 spiro atoms. The van der Waals surface area contributed by atoms with Crippen molar-refractivity contribution in [2.45, 2.75) is 0 Å². The van der Waals surface area contributed by atoms with Crippen LogP contribution in [-0.2, 0) is 0 Å². The molecule has 0 aromatic rings. The van der Waals surface area contributed by atoms with Gasteiger partial charge in [0, 0.05) is 151 Å². The van der Waals surface area contributed by atoms with Crippen molar-refractivity contribution in [3.63, 3.8) is 0 Å². The maximum Gasteiger partial charge on any atom is 0 e. The summed E-state index contributed by atoms with van der Waals surface area (Å²) in [5.74, 6) is 0. The Morgan fingerprint density at radius 2 is 0.400 bits per heavy atom. The maximum absolute atomic E-state index is 0. The van der Waals surface area contributed by atoms with Gasteiger partial charge in [0.25, 0.3) is 0 Å². The van der Waals surface area contributed by atoms with Crippen LogP contribution in [0.25, 0.3) is 0 Å². The molecule has 0 bridgehead atoms. The first kappa shape index (κ1) is 31.4. The largest absolute Gasteiger partial charge is 0.153 e. The molecule has 1 atom stereocenters. The molecule has 0 aliphatic rings. The van der Waals surface area contributed by atoms with E-state index in [2.05, 4.69) is 0 Å². The fourth-order valence-electron chi connectivity index (χ4n) is 0. The SMILES string of the molecule is P.[Ca].[Ca].[Ca].[Ca]. The van der Waals surface area contributed by atoms with Gasteiger partial charge in [0.05, 0.1) is 0 Å². The molecule has 5 heavy (non-hydrogen) atoms. The molecule has 0 aliphatic heterocycles. The molecule has 8 radical (unpaired) electrons. The molecule has 0 N–H and O–H groups in total. The van der Waals surface area contributed by atoms with E-state index in [-0.39, 0.29) is 161 Å². The van der Waals surface area contributed by atoms with Crippen LogP contribution in [-0.4, -0.2) is 151 Å². The van der Waals surface area contributed by atoms with Crippen molar-refractivity contribution in [1.29, 1.82) is 0 Å². The predicted molar refractivity (Wildman–Crippen MR) is 34.1 cm³/mol. The quantitative estimate of drug-likeness (QED) is 0.326. The van der Waals surface area contributed by atoms with Gasteiger partial charge in [-0.25, -0.2) is 0 Å². The van der Waals surface area contributed by atoms with Gasteiger partial charge < -0.3 is 0 Å². The van der Waals surface area contributed by atoms with E-state index in [9.17, 15) is 0 Å². The normalized spacial score (nSPS) is 0. The number of rotatable bonds is 0. The van der Waals surface area contributed by atoms with Gasteiger partial charge in [-0.2, -0.15) is 9.90 Å². The van der Waals surface area contributed by atoms with Crippen LogP contribution in [0.1, 0.15) is 0 Å². The van der Waals surface area contributed by atoms with E-state index in [0.717, 1.165) is 0 Å². The first-order valence-corrected chi connectivity index (χ1v) is 0. The Bertz CT molecular complexity index is 3.61. The van der Waals surface area contributed by atoms with Gasteiger partial charge in [-0.1, -0.05) is 0 Å². The van der Waals surface area contributed by atoms with E-state index in [0.29, 0.717) is 0 Å². The predicted octanol–water partition coefficient (Wildman–Crippen LogP) is -1.47. The second-order valence-electron chi connectivity index (χ2n) is 0. The molecule has 0 aromatic carbocycles. The third-order valence-electron chi connectivity index (χ3n) is 0. The third-order valence-corrected chi connectivity index (χ3v) is 0. The first-order valence-electron chi connectivity index (χ1n) is 0. The minimum atomic E-state index is 0. The summed E-state index contributed by atoms with van der Waals surface area (Å²) in [4.78, 5) is 0. The Morgan fingerprint density at radius 1 is 0.400 bits per heavy atom. The van der Waals surface area contributed by atoms with E-state index < -0.39 is 0 Å². The van der Waals surface area contributed by atoms with Crippen LogP contribution in [0.5, 0.6) is 0 Å². The molecule has 0 aromatic heterocycles. The van der Waals surface area contributed by atoms with Crippen molar-refractivity contribution in [3.8, 4) is 0 Å². The molecule has 0 fully saturated rings. The summed E-state index contributed by atoms with van der Waals surface area (Å²) < 4.78 is 0. The Balaban J connectivity index is 0. The molecule has 0 nitrogen and oxygen atoms in total. The van der Waals surface area contributed by atoms with Gasteiger partial charge in [0.15, 0.2) is 0 Å². The average Bonchev–Trinajstić information content (AvgIpc) is 0. The second-order valence-corrected chi connectivity index (χ2v) is 0. The molecule has 0 aliphatic carbocycles. The Hall–Kier alpha value is 5.47. The first-order chi connectivity index (χ1) is 0. The molecular weight excluding hydrogens is 191 g/mol. The van der Waals surface area contributed by atoms with Gasteiger partial charge in [0.2, 0.25) is 0 Å². The molecule has 16 valence electrons. The summed E-state index contributed by atoms with van der Waals surface area (Å²) in [6.07, 6.45) is 0. The van der Waals surface area contributed by atoms with Gasteiger partial charge in [-0.15, -0.1) is 0 Å². The molecule has 0 heterocycles. The molecule has 0 amide bonds. The van der Waals surface area contributed by atoms with Crippen LogP contribution in [0.4, 0.5) is 0 Å². The minimum absolute atomic E-state index is 0. The van der Waals surface area contributed by atoms with Crippen molar-refractivity contribution >= 4 is 161 Å². The molecule has 1 unspecified atom stereocenters. The van der Waals surface area contributed by atoms with Crippen LogP contribution < -0.4 is 0 Å². The van der Waals surface area contributed by atoms with Crippen LogP contribution in [0.2, 0.25) is 0 Å². The molecule has 5 heteroatoms. The van der Waals surface area contributed by atoms with E-state index in [1.807, 2.05) is 0 Å². The molecule has 0 rings (SSSR count). The summed E-state index contributed by atoms with van der Waals surface area (Å²) >= 11 is 0. The van der Waals surface area contributed by atoms with Crippen molar-refractivity contribution in [2.24, 2.45) is 0 Å². The van der Waals surface area contributed by atoms with E-state index in [1.165, 1.54) is 0 Å². The van der Waals surface area contributed by atoms with Gasteiger partial charge >= 0.3 is 0 Å². The monoisotopic (exact) mass is 194 g/mol. The van der Waals surface area contributed by atoms with Gasteiger partial charge in [-0.05, 0) is 0 Å². The van der Waals surface area contributed by atoms with Crippen LogP contribution in [0, 0.1) is 0 Å². The van der Waals surface area contributed by atoms with Crippen LogP contribution in [0.15, 0.2) is 0 Å². The number of hydrogen-bond donors (Lipinski definition) is 0. The van der Waals surface area contributed by atoms with Crippen LogP contribution in [0.3, 0.4) is 0 Å². The minimum Gasteiger partial charge on any atom is -0.153 e. The smallest absolute Gasteiger partial charge is 0 e. The summed E-state index contributed by atoms with van der Waals surface area (Å²) in [6, 6.07) is 0. The summed E-state index contributed by atoms with van der Waals surface area (Å²) in [7, 11) is 0. The standard InChI is InChI=1S/4Ca.H3P/h;;;;1H3. The van der Waals surface area contributed by atoms with Crippen molar-refractivity contribution < 1.29 is 0 Å². The second kappa shape index (κ2) is 22.7. The van der Waals surface area contributed by atoms with E-state index in [4.69, 9.17) is 0 Å². The Kier molecular flexibility index (Phi) is 143. The Labute approximate surface area is 156 Å². The average molecular weight is 194 g/mol. The summed E-state index contributed by atoms with van der Waals surface area (Å²) in [5, 5.41) is 0. The van der Waals surface area contributed by atoms with Gasteiger partial charge in [0.1, 0.15) is 0 Å². The third kappa shape index (κ3) is 17.7. The van der Waals surface area contributed by atoms with E-state index >= 15 is 0 Å². The molecular formula is H3Ca4P. The fraction of sp³-hybridized carbons (Fsp3) is 0. The van der Waals surface area contributed by atoms with Crippen molar-refractivity contribution in [2.75, 3.05) is 0 Å². The van der Waals surface area contributed by atoms with Crippen molar-refractivity contribution in [1.82, 2.24) is 0 Å². The fourth-order valence-corrected chi connectivity index (χ4v) is 0. The zero-order valence-electron chi connectivity index (χ0n) is 3.54. The summed E-state index contributed by atoms with van der Waals surface area (Å²) in [6.45, 7) is 0. The Morgan fingerprint density at radius 3 is 0.400 bits per heavy atom. The van der Waals surface area contributed by atoms with Gasteiger partial charge in [-0.3, -0.25) is 0 Å². The molecule has 0 saturated carbocycles. The summed E-state index contributed by atoms with van der Waals surface area (Å²) in [5.41, 5.74) is 0. The maximum atomic E-state index is 0. The zero-order valence-corrected chi connectivity index (χ0v) is 13.8. The zero-order chi connectivity index (χ0) is 0. The van der Waals surface area contributed by atoms with Crippen molar-refractivity contribution in [3.05, 3.63) is 0 Å². The molecule has 0 saturated heterocycles. The van der Waals surface area contributed by atoms with Crippen LogP contribution >= 0.6 is 9.90 Å².